The Morgan fingerprint density at radius 2 is 1.74 bits per heavy atom. The van der Waals surface area contributed by atoms with Crippen molar-refractivity contribution in [1.29, 1.82) is 0 Å². The molecule has 0 fully saturated rings. The van der Waals surface area contributed by atoms with E-state index in [1.165, 1.54) is 45.9 Å². The lowest BCUT2D eigenvalue weighted by Gasteiger charge is -2.23. The fourth-order valence-electron chi connectivity index (χ4n) is 4.68. The highest BCUT2D eigenvalue weighted by Crippen LogP contribution is 2.38. The maximum absolute atomic E-state index is 14.3. The molecule has 5 aromatic rings. The van der Waals surface area contributed by atoms with Gasteiger partial charge in [0.05, 0.1) is 39.2 Å². The zero-order valence-corrected chi connectivity index (χ0v) is 23.1. The van der Waals surface area contributed by atoms with E-state index in [2.05, 4.69) is 0 Å². The van der Waals surface area contributed by atoms with Crippen LogP contribution < -0.4 is 13.9 Å². The van der Waals surface area contributed by atoms with Crippen LogP contribution in [0.2, 0.25) is 5.02 Å². The van der Waals surface area contributed by atoms with Crippen molar-refractivity contribution in [3.8, 4) is 5.75 Å². The Morgan fingerprint density at radius 1 is 1.00 bits per heavy atom. The Balaban J connectivity index is 1.47. The summed E-state index contributed by atoms with van der Waals surface area (Å²) in [6.45, 7) is 0.333. The van der Waals surface area contributed by atoms with Crippen molar-refractivity contribution in [3.05, 3.63) is 107 Å². The first-order valence-electron chi connectivity index (χ1n) is 12.1. The summed E-state index contributed by atoms with van der Waals surface area (Å²) >= 11 is 7.49. The summed E-state index contributed by atoms with van der Waals surface area (Å²) in [7, 11) is -2.49. The van der Waals surface area contributed by atoms with Crippen LogP contribution in [0.1, 0.15) is 15.9 Å². The molecule has 196 valence electrons. The van der Waals surface area contributed by atoms with Gasteiger partial charge in [-0.1, -0.05) is 53.3 Å². The highest BCUT2D eigenvalue weighted by molar-refractivity contribution is 7.92. The first kappa shape index (κ1) is 25.4. The number of hydrogen-bond donors (Lipinski definition) is 0. The third-order valence-electron chi connectivity index (χ3n) is 6.60. The average molecular weight is 576 g/mol. The molecule has 0 atom stereocenters. The van der Waals surface area contributed by atoms with Crippen LogP contribution in [-0.4, -0.2) is 33.0 Å². The number of halogens is 1. The van der Waals surface area contributed by atoms with Crippen molar-refractivity contribution in [2.24, 2.45) is 0 Å². The molecule has 39 heavy (non-hydrogen) atoms. The SMILES string of the molecule is COc1ccc(S(=O)(=O)N2CCc3ccccc32)cc1C(=O)N(c1ccc(Cl)cc1)c1nc2ccccc2s1. The molecule has 4 aromatic carbocycles. The summed E-state index contributed by atoms with van der Waals surface area (Å²) in [6.07, 6.45) is 0.624. The van der Waals surface area contributed by atoms with Crippen LogP contribution in [0.3, 0.4) is 0 Å². The molecule has 0 unspecified atom stereocenters. The topological polar surface area (TPSA) is 79.8 Å². The van der Waals surface area contributed by atoms with Gasteiger partial charge >= 0.3 is 0 Å². The van der Waals surface area contributed by atoms with E-state index >= 15 is 0 Å². The fraction of sp³-hybridized carbons (Fsp3) is 0.103. The van der Waals surface area contributed by atoms with Gasteiger partial charge in [0.15, 0.2) is 5.13 Å². The van der Waals surface area contributed by atoms with Gasteiger partial charge < -0.3 is 4.74 Å². The lowest BCUT2D eigenvalue weighted by molar-refractivity contribution is 0.0996. The van der Waals surface area contributed by atoms with Gasteiger partial charge in [-0.15, -0.1) is 0 Å². The molecule has 0 radical (unpaired) electrons. The van der Waals surface area contributed by atoms with Crippen molar-refractivity contribution in [1.82, 2.24) is 4.98 Å². The van der Waals surface area contributed by atoms with Crippen LogP contribution in [0.4, 0.5) is 16.5 Å². The Morgan fingerprint density at radius 3 is 2.51 bits per heavy atom. The number of aromatic nitrogens is 1. The average Bonchev–Trinajstić information content (AvgIpc) is 3.58. The number of anilines is 3. The molecule has 10 heteroatoms. The summed E-state index contributed by atoms with van der Waals surface area (Å²) in [5, 5.41) is 0.958. The summed E-state index contributed by atoms with van der Waals surface area (Å²) in [6, 6.07) is 26.2. The largest absolute Gasteiger partial charge is 0.496 e. The Bertz CT molecular complexity index is 1790. The van der Waals surface area contributed by atoms with Gasteiger partial charge in [-0.3, -0.25) is 14.0 Å². The number of hydrogen-bond acceptors (Lipinski definition) is 6. The molecular weight excluding hydrogens is 554 g/mol. The molecule has 0 saturated carbocycles. The summed E-state index contributed by atoms with van der Waals surface area (Å²) in [5.74, 6) is -0.229. The number of fused-ring (bicyclic) bond motifs is 2. The molecule has 2 heterocycles. The van der Waals surface area contributed by atoms with Gasteiger partial charge in [0.1, 0.15) is 5.75 Å². The van der Waals surface area contributed by atoms with Crippen molar-refractivity contribution < 1.29 is 17.9 Å². The number of carbonyl (C=O) groups is 1. The van der Waals surface area contributed by atoms with E-state index in [1.54, 1.807) is 30.3 Å². The van der Waals surface area contributed by atoms with Crippen LogP contribution >= 0.6 is 22.9 Å². The van der Waals surface area contributed by atoms with Gasteiger partial charge in [-0.05, 0) is 72.6 Å². The molecule has 7 nitrogen and oxygen atoms in total. The van der Waals surface area contributed by atoms with Crippen LogP contribution in [0, 0.1) is 0 Å². The van der Waals surface area contributed by atoms with Crippen molar-refractivity contribution in [2.45, 2.75) is 11.3 Å². The first-order valence-corrected chi connectivity index (χ1v) is 14.7. The first-order chi connectivity index (χ1) is 18.9. The van der Waals surface area contributed by atoms with E-state index in [9.17, 15) is 13.2 Å². The minimum Gasteiger partial charge on any atom is -0.496 e. The minimum absolute atomic E-state index is 0.00343. The lowest BCUT2D eigenvalue weighted by atomic mass is 10.1. The van der Waals surface area contributed by atoms with E-state index in [0.29, 0.717) is 34.5 Å². The second kappa shape index (κ2) is 10.00. The number of ether oxygens (including phenoxy) is 1. The maximum Gasteiger partial charge on any atom is 0.268 e. The summed E-state index contributed by atoms with van der Waals surface area (Å²) in [5.41, 5.74) is 3.00. The quantitative estimate of drug-likeness (QED) is 0.225. The molecule has 1 aliphatic rings. The van der Waals surface area contributed by atoms with Crippen LogP contribution in [-0.2, 0) is 16.4 Å². The zero-order chi connectivity index (χ0) is 27.1. The van der Waals surface area contributed by atoms with Crippen LogP contribution in [0.15, 0.2) is 95.9 Å². The van der Waals surface area contributed by atoms with E-state index in [0.717, 1.165) is 15.8 Å². The van der Waals surface area contributed by atoms with Crippen LogP contribution in [0.25, 0.3) is 10.2 Å². The number of rotatable bonds is 6. The third-order valence-corrected chi connectivity index (χ3v) is 9.68. The molecule has 1 amide bonds. The molecule has 0 bridgehead atoms. The Hall–Kier alpha value is -3.92. The van der Waals surface area contributed by atoms with Crippen molar-refractivity contribution in [3.63, 3.8) is 0 Å². The molecule has 0 saturated heterocycles. The molecule has 0 N–H and O–H groups in total. The van der Waals surface area contributed by atoms with E-state index in [4.69, 9.17) is 21.3 Å². The number of carbonyl (C=O) groups excluding carboxylic acids is 1. The third kappa shape index (κ3) is 4.52. The zero-order valence-electron chi connectivity index (χ0n) is 20.7. The number of benzene rings is 4. The smallest absolute Gasteiger partial charge is 0.268 e. The van der Waals surface area contributed by atoms with Gasteiger partial charge in [0.25, 0.3) is 15.9 Å². The van der Waals surface area contributed by atoms with Gasteiger partial charge in [-0.25, -0.2) is 13.4 Å². The van der Waals surface area contributed by atoms with Crippen LogP contribution in [0.5, 0.6) is 5.75 Å². The highest BCUT2D eigenvalue weighted by atomic mass is 35.5. The predicted molar refractivity (Wildman–Crippen MR) is 155 cm³/mol. The minimum atomic E-state index is -3.94. The van der Waals surface area contributed by atoms with Crippen molar-refractivity contribution in [2.75, 3.05) is 22.9 Å². The normalized spacial score (nSPS) is 12.9. The molecule has 1 aliphatic heterocycles. The highest BCUT2D eigenvalue weighted by Gasteiger charge is 2.33. The summed E-state index contributed by atoms with van der Waals surface area (Å²) in [4.78, 5) is 20.4. The van der Waals surface area contributed by atoms with Gasteiger partial charge in [-0.2, -0.15) is 0 Å². The number of sulfonamides is 1. The molecular formula is C29H22ClN3O4S2. The van der Waals surface area contributed by atoms with Gasteiger partial charge in [0.2, 0.25) is 0 Å². The Labute approximate surface area is 234 Å². The molecule has 0 aliphatic carbocycles. The molecule has 1 aromatic heterocycles. The number of para-hydroxylation sites is 2. The maximum atomic E-state index is 14.3. The predicted octanol–water partition coefficient (Wildman–Crippen LogP) is 6.69. The standard InChI is InChI=1S/C29H22ClN3O4S2/c1-37-26-15-14-22(39(35,36)32-17-16-19-6-2-4-8-25(19)32)18-23(26)28(34)33(21-12-10-20(30)11-13-21)29-31-24-7-3-5-9-27(24)38-29/h2-15,18H,16-17H2,1H3. The van der Waals surface area contributed by atoms with E-state index in [1.807, 2.05) is 42.5 Å². The van der Waals surface area contributed by atoms with E-state index < -0.39 is 15.9 Å². The molecule has 6 rings (SSSR count). The lowest BCUT2D eigenvalue weighted by Crippen LogP contribution is -2.30. The van der Waals surface area contributed by atoms with Gasteiger partial charge in [0, 0.05) is 11.6 Å². The fourth-order valence-corrected chi connectivity index (χ4v) is 7.32. The van der Waals surface area contributed by atoms with Crippen molar-refractivity contribution >= 4 is 65.6 Å². The number of thiazole rings is 1. The van der Waals surface area contributed by atoms with E-state index in [-0.39, 0.29) is 16.2 Å². The monoisotopic (exact) mass is 575 g/mol. The Kier molecular flexibility index (Phi) is 6.50. The second-order valence-electron chi connectivity index (χ2n) is 8.90. The number of methoxy groups -OCH3 is 1. The molecule has 0 spiro atoms. The number of nitrogens with zero attached hydrogens (tertiary/aromatic N) is 3. The summed E-state index contributed by atoms with van der Waals surface area (Å²) < 4.78 is 35.4. The number of amides is 1. The second-order valence-corrected chi connectivity index (χ2v) is 12.2.